The van der Waals surface area contributed by atoms with Crippen molar-refractivity contribution in [1.82, 2.24) is 4.90 Å². The van der Waals surface area contributed by atoms with Crippen molar-refractivity contribution in [2.75, 3.05) is 13.1 Å². The molecule has 1 aliphatic rings. The molecule has 6 nitrogen and oxygen atoms in total. The minimum absolute atomic E-state index is 0.0415. The Bertz CT molecular complexity index is 951. The SMILES string of the molecule is CC(C)(C)OC(=O)N1CC(Oc2cc(C(=O)O)cc(-c3cccc(Cl)c3F)c2)C1. The molecule has 0 radical (unpaired) electrons. The second kappa shape index (κ2) is 7.91. The maximum absolute atomic E-state index is 14.4. The lowest BCUT2D eigenvalue weighted by atomic mass is 10.0. The number of carboxylic acids is 1. The second-order valence-corrected chi connectivity index (χ2v) is 8.18. The highest BCUT2D eigenvalue weighted by Crippen LogP contribution is 2.32. The summed E-state index contributed by atoms with van der Waals surface area (Å²) in [5, 5.41) is 9.33. The maximum atomic E-state index is 14.4. The number of halogens is 2. The summed E-state index contributed by atoms with van der Waals surface area (Å²) in [5.41, 5.74) is -0.118. The Kier molecular flexibility index (Phi) is 5.71. The van der Waals surface area contributed by atoms with Crippen molar-refractivity contribution >= 4 is 23.7 Å². The quantitative estimate of drug-likeness (QED) is 0.764. The number of amides is 1. The molecule has 2 aromatic carbocycles. The summed E-state index contributed by atoms with van der Waals surface area (Å²) in [6.45, 7) is 5.98. The lowest BCUT2D eigenvalue weighted by Crippen LogP contribution is -2.57. The second-order valence-electron chi connectivity index (χ2n) is 7.78. The number of ether oxygens (including phenoxy) is 2. The molecule has 1 heterocycles. The van der Waals surface area contributed by atoms with Crippen LogP contribution in [0.1, 0.15) is 31.1 Å². The predicted molar refractivity (Wildman–Crippen MR) is 106 cm³/mol. The van der Waals surface area contributed by atoms with Crippen LogP contribution in [0.25, 0.3) is 11.1 Å². The highest BCUT2D eigenvalue weighted by atomic mass is 35.5. The van der Waals surface area contributed by atoms with E-state index in [4.69, 9.17) is 21.1 Å². The van der Waals surface area contributed by atoms with E-state index in [1.165, 1.54) is 29.2 Å². The van der Waals surface area contributed by atoms with E-state index in [0.717, 1.165) is 0 Å². The molecule has 0 aliphatic carbocycles. The largest absolute Gasteiger partial charge is 0.487 e. The fourth-order valence-corrected chi connectivity index (χ4v) is 3.03. The van der Waals surface area contributed by atoms with Gasteiger partial charge in [-0.2, -0.15) is 0 Å². The minimum atomic E-state index is -1.16. The Morgan fingerprint density at radius 3 is 2.52 bits per heavy atom. The molecule has 29 heavy (non-hydrogen) atoms. The van der Waals surface area contributed by atoms with Gasteiger partial charge in [0.15, 0.2) is 0 Å². The van der Waals surface area contributed by atoms with Gasteiger partial charge in [0.05, 0.1) is 23.7 Å². The zero-order valence-corrected chi connectivity index (χ0v) is 17.0. The topological polar surface area (TPSA) is 76.1 Å². The molecule has 2 aromatic rings. The smallest absolute Gasteiger partial charge is 0.410 e. The Morgan fingerprint density at radius 2 is 1.90 bits per heavy atom. The fourth-order valence-electron chi connectivity index (χ4n) is 2.85. The summed E-state index contributed by atoms with van der Waals surface area (Å²) in [4.78, 5) is 25.0. The van der Waals surface area contributed by atoms with Crippen LogP contribution >= 0.6 is 11.6 Å². The van der Waals surface area contributed by atoms with Crippen LogP contribution in [0, 0.1) is 5.82 Å². The predicted octanol–water partition coefficient (Wildman–Crippen LogP) is 4.84. The Hall–Kier alpha value is -2.80. The number of nitrogens with zero attached hydrogens (tertiary/aromatic N) is 1. The van der Waals surface area contributed by atoms with E-state index in [-0.39, 0.29) is 28.0 Å². The Balaban J connectivity index is 1.77. The van der Waals surface area contributed by atoms with Gasteiger partial charge >= 0.3 is 12.1 Å². The molecule has 0 saturated carbocycles. The zero-order valence-electron chi connectivity index (χ0n) is 16.2. The lowest BCUT2D eigenvalue weighted by Gasteiger charge is -2.39. The molecule has 1 fully saturated rings. The Labute approximate surface area is 172 Å². The van der Waals surface area contributed by atoms with Gasteiger partial charge in [-0.1, -0.05) is 23.7 Å². The summed E-state index contributed by atoms with van der Waals surface area (Å²) >= 11 is 5.84. The molecule has 3 rings (SSSR count). The van der Waals surface area contributed by atoms with Gasteiger partial charge in [-0.15, -0.1) is 0 Å². The van der Waals surface area contributed by atoms with Crippen molar-refractivity contribution in [3.8, 4) is 16.9 Å². The molecule has 0 spiro atoms. The number of carboxylic acid groups (broad SMARTS) is 1. The van der Waals surface area contributed by atoms with E-state index in [9.17, 15) is 19.1 Å². The van der Waals surface area contributed by atoms with Crippen LogP contribution in [-0.4, -0.2) is 46.9 Å². The van der Waals surface area contributed by atoms with Gasteiger partial charge in [0, 0.05) is 5.56 Å². The zero-order chi connectivity index (χ0) is 21.3. The van der Waals surface area contributed by atoms with Crippen molar-refractivity contribution < 1.29 is 28.6 Å². The van der Waals surface area contributed by atoms with Crippen molar-refractivity contribution in [3.05, 3.63) is 52.8 Å². The van der Waals surface area contributed by atoms with Gasteiger partial charge in [-0.25, -0.2) is 14.0 Å². The number of hydrogen-bond acceptors (Lipinski definition) is 4. The van der Waals surface area contributed by atoms with E-state index in [1.54, 1.807) is 32.9 Å². The number of carbonyl (C=O) groups is 2. The number of hydrogen-bond donors (Lipinski definition) is 1. The highest BCUT2D eigenvalue weighted by Gasteiger charge is 2.35. The van der Waals surface area contributed by atoms with Crippen molar-refractivity contribution in [2.45, 2.75) is 32.5 Å². The molecular formula is C21H21ClFNO5. The van der Waals surface area contributed by atoms with Gasteiger partial charge in [0.25, 0.3) is 0 Å². The van der Waals surface area contributed by atoms with E-state index in [1.807, 2.05) is 0 Å². The summed E-state index contributed by atoms with van der Waals surface area (Å²) < 4.78 is 25.5. The molecular weight excluding hydrogens is 401 g/mol. The number of likely N-dealkylation sites (tertiary alicyclic amines) is 1. The van der Waals surface area contributed by atoms with Crippen LogP contribution in [0.15, 0.2) is 36.4 Å². The van der Waals surface area contributed by atoms with Gasteiger partial charge < -0.3 is 19.5 Å². The average Bonchev–Trinajstić information content (AvgIpc) is 2.58. The van der Waals surface area contributed by atoms with Crippen molar-refractivity contribution in [2.24, 2.45) is 0 Å². The third-order valence-electron chi connectivity index (χ3n) is 4.22. The minimum Gasteiger partial charge on any atom is -0.487 e. The molecule has 1 aliphatic heterocycles. The third kappa shape index (κ3) is 4.98. The molecule has 0 aromatic heterocycles. The number of carbonyl (C=O) groups excluding carboxylic acids is 1. The number of rotatable bonds is 4. The van der Waals surface area contributed by atoms with Crippen LogP contribution in [0.5, 0.6) is 5.75 Å². The molecule has 154 valence electrons. The third-order valence-corrected chi connectivity index (χ3v) is 4.51. The van der Waals surface area contributed by atoms with Crippen LogP contribution in [0.4, 0.5) is 9.18 Å². The van der Waals surface area contributed by atoms with E-state index in [2.05, 4.69) is 0 Å². The van der Waals surface area contributed by atoms with Gasteiger partial charge in [0.2, 0.25) is 0 Å². The first-order valence-electron chi connectivity index (χ1n) is 9.01. The first kappa shape index (κ1) is 20.9. The van der Waals surface area contributed by atoms with Crippen LogP contribution in [-0.2, 0) is 4.74 Å². The Morgan fingerprint density at radius 1 is 1.21 bits per heavy atom. The standard InChI is InChI=1S/C21H21ClFNO5/c1-21(2,3)29-20(27)24-10-15(11-24)28-14-8-12(7-13(9-14)19(25)26)16-5-4-6-17(22)18(16)23/h4-9,15H,10-11H2,1-3H3,(H,25,26). The highest BCUT2D eigenvalue weighted by molar-refractivity contribution is 6.31. The lowest BCUT2D eigenvalue weighted by molar-refractivity contribution is -0.0221. The van der Waals surface area contributed by atoms with Gasteiger partial charge in [-0.3, -0.25) is 0 Å². The van der Waals surface area contributed by atoms with Crippen molar-refractivity contribution in [3.63, 3.8) is 0 Å². The maximum Gasteiger partial charge on any atom is 0.410 e. The molecule has 0 atom stereocenters. The van der Waals surface area contributed by atoms with E-state index < -0.39 is 23.5 Å². The number of aromatic carboxylic acids is 1. The monoisotopic (exact) mass is 421 g/mol. The molecule has 1 N–H and O–H groups in total. The number of benzene rings is 2. The molecule has 1 amide bonds. The van der Waals surface area contributed by atoms with E-state index in [0.29, 0.717) is 18.7 Å². The molecule has 0 bridgehead atoms. The summed E-state index contributed by atoms with van der Waals surface area (Å²) in [5.74, 6) is -1.53. The fraction of sp³-hybridized carbons (Fsp3) is 0.333. The van der Waals surface area contributed by atoms with Crippen LogP contribution in [0.3, 0.4) is 0 Å². The average molecular weight is 422 g/mol. The first-order chi connectivity index (χ1) is 13.5. The van der Waals surface area contributed by atoms with Crippen LogP contribution in [0.2, 0.25) is 5.02 Å². The normalized spacial score (nSPS) is 14.3. The summed E-state index contributed by atoms with van der Waals surface area (Å²) in [6.07, 6.45) is -0.748. The summed E-state index contributed by atoms with van der Waals surface area (Å²) in [7, 11) is 0. The summed E-state index contributed by atoms with van der Waals surface area (Å²) in [6, 6.07) is 8.79. The van der Waals surface area contributed by atoms with Gasteiger partial charge in [-0.05, 0) is 50.6 Å². The van der Waals surface area contributed by atoms with Crippen molar-refractivity contribution in [1.29, 1.82) is 0 Å². The first-order valence-corrected chi connectivity index (χ1v) is 9.38. The van der Waals surface area contributed by atoms with Crippen LogP contribution < -0.4 is 4.74 Å². The van der Waals surface area contributed by atoms with Gasteiger partial charge in [0.1, 0.15) is 23.3 Å². The molecule has 8 heteroatoms. The molecule has 1 saturated heterocycles. The molecule has 0 unspecified atom stereocenters. The van der Waals surface area contributed by atoms with E-state index >= 15 is 0 Å².